The molecule has 0 spiro atoms. The van der Waals surface area contributed by atoms with Gasteiger partial charge in [-0.15, -0.1) is 0 Å². The molecule has 2 nitrogen and oxygen atoms in total. The monoisotopic (exact) mass is 154 g/mol. The first-order valence-corrected chi connectivity index (χ1v) is 3.87. The fourth-order valence-electron chi connectivity index (χ4n) is 1.30. The first-order chi connectivity index (χ1) is 5.27. The van der Waals surface area contributed by atoms with Gasteiger partial charge in [0, 0.05) is 12.2 Å². The van der Waals surface area contributed by atoms with Gasteiger partial charge in [0.1, 0.15) is 0 Å². The Bertz CT molecular complexity index is 252. The van der Waals surface area contributed by atoms with Crippen molar-refractivity contribution in [3.8, 4) is 0 Å². The fraction of sp³-hybridized carbons (Fsp3) is 0.500. The van der Waals surface area contributed by atoms with E-state index in [2.05, 4.69) is 4.98 Å². The Morgan fingerprint density at radius 3 is 2.82 bits per heavy atom. The number of hydrogen-bond donors (Lipinski definition) is 2. The zero-order valence-corrected chi connectivity index (χ0v) is 6.18. The molecule has 1 heterocycles. The highest BCUT2D eigenvalue weighted by Gasteiger charge is 2.29. The van der Waals surface area contributed by atoms with Crippen LogP contribution in [0.4, 0.5) is 4.39 Å². The summed E-state index contributed by atoms with van der Waals surface area (Å²) in [5.41, 5.74) is 6.72. The predicted octanol–water partition coefficient (Wildman–Crippen LogP) is 1.56. The van der Waals surface area contributed by atoms with Gasteiger partial charge in [-0.05, 0) is 30.4 Å². The van der Waals surface area contributed by atoms with Gasteiger partial charge >= 0.3 is 0 Å². The molecule has 3 heteroatoms. The summed E-state index contributed by atoms with van der Waals surface area (Å²) in [7, 11) is 0. The number of aromatic amines is 1. The van der Waals surface area contributed by atoms with E-state index in [1.807, 2.05) is 0 Å². The molecule has 1 aromatic heterocycles. The number of H-pyrrole nitrogens is 1. The van der Waals surface area contributed by atoms with Crippen molar-refractivity contribution in [2.75, 3.05) is 0 Å². The van der Waals surface area contributed by atoms with E-state index in [4.69, 9.17) is 5.73 Å². The van der Waals surface area contributed by atoms with E-state index in [0.717, 1.165) is 5.56 Å². The quantitative estimate of drug-likeness (QED) is 0.667. The number of nitrogens with one attached hydrogen (secondary N) is 1. The summed E-state index contributed by atoms with van der Waals surface area (Å²) in [4.78, 5) is 2.49. The summed E-state index contributed by atoms with van der Waals surface area (Å²) in [6.07, 6.45) is 4.03. The number of halogens is 1. The van der Waals surface area contributed by atoms with E-state index < -0.39 is 0 Å². The Balaban J connectivity index is 2.14. The van der Waals surface area contributed by atoms with Gasteiger partial charge in [-0.1, -0.05) is 0 Å². The van der Waals surface area contributed by atoms with Crippen molar-refractivity contribution in [3.63, 3.8) is 0 Å². The highest BCUT2D eigenvalue weighted by atomic mass is 19.1. The lowest BCUT2D eigenvalue weighted by molar-refractivity contribution is 0.589. The van der Waals surface area contributed by atoms with Crippen LogP contribution in [0, 0.1) is 11.9 Å². The second-order valence-corrected chi connectivity index (χ2v) is 3.14. The van der Waals surface area contributed by atoms with Crippen LogP contribution in [0.2, 0.25) is 0 Å². The van der Waals surface area contributed by atoms with E-state index in [1.165, 1.54) is 18.9 Å². The molecule has 1 aromatic rings. The third-order valence-corrected chi connectivity index (χ3v) is 2.18. The Morgan fingerprint density at radius 2 is 2.36 bits per heavy atom. The SMILES string of the molecule is N[C@@H](c1c[nH]c(F)c1)C1CC1. The Hall–Kier alpha value is -0.830. The molecule has 0 bridgehead atoms. The molecule has 11 heavy (non-hydrogen) atoms. The van der Waals surface area contributed by atoms with Crippen LogP contribution in [0.1, 0.15) is 24.4 Å². The maximum atomic E-state index is 12.5. The zero-order chi connectivity index (χ0) is 7.84. The lowest BCUT2D eigenvalue weighted by Crippen LogP contribution is -2.10. The molecule has 1 aliphatic rings. The molecule has 1 fully saturated rings. The molecule has 0 unspecified atom stereocenters. The van der Waals surface area contributed by atoms with Crippen molar-refractivity contribution >= 4 is 0 Å². The molecule has 3 N–H and O–H groups in total. The number of aromatic nitrogens is 1. The maximum Gasteiger partial charge on any atom is 0.191 e. The average molecular weight is 154 g/mol. The second-order valence-electron chi connectivity index (χ2n) is 3.14. The molecular formula is C8H11FN2. The third kappa shape index (κ3) is 1.28. The van der Waals surface area contributed by atoms with Crippen molar-refractivity contribution in [3.05, 3.63) is 23.8 Å². The van der Waals surface area contributed by atoms with Gasteiger partial charge in [-0.25, -0.2) is 0 Å². The van der Waals surface area contributed by atoms with E-state index >= 15 is 0 Å². The fourth-order valence-corrected chi connectivity index (χ4v) is 1.30. The molecule has 0 radical (unpaired) electrons. The molecule has 60 valence electrons. The van der Waals surface area contributed by atoms with Crippen LogP contribution in [-0.4, -0.2) is 4.98 Å². The largest absolute Gasteiger partial charge is 0.338 e. The van der Waals surface area contributed by atoms with Crippen LogP contribution < -0.4 is 5.73 Å². The molecule has 1 atom stereocenters. The molecule has 2 rings (SSSR count). The minimum atomic E-state index is -0.295. The van der Waals surface area contributed by atoms with Gasteiger partial charge in [-0.2, -0.15) is 4.39 Å². The van der Waals surface area contributed by atoms with Crippen LogP contribution in [0.25, 0.3) is 0 Å². The first kappa shape index (κ1) is 6.85. The second kappa shape index (κ2) is 2.34. The standard InChI is InChI=1S/C8H11FN2/c9-7-3-6(4-11-7)8(10)5-1-2-5/h3-5,8,11H,1-2,10H2/t8-/m1/s1. The molecule has 1 saturated carbocycles. The Kier molecular flexibility index (Phi) is 1.46. The minimum Gasteiger partial charge on any atom is -0.338 e. The van der Waals surface area contributed by atoms with Crippen molar-refractivity contribution in [2.45, 2.75) is 18.9 Å². The number of nitrogens with two attached hydrogens (primary N) is 1. The van der Waals surface area contributed by atoms with Crippen molar-refractivity contribution in [2.24, 2.45) is 11.7 Å². The van der Waals surface area contributed by atoms with E-state index in [1.54, 1.807) is 6.20 Å². The van der Waals surface area contributed by atoms with Crippen molar-refractivity contribution in [1.82, 2.24) is 4.98 Å². The lowest BCUT2D eigenvalue weighted by atomic mass is 10.1. The highest BCUT2D eigenvalue weighted by Crippen LogP contribution is 2.39. The molecule has 1 aliphatic carbocycles. The zero-order valence-electron chi connectivity index (χ0n) is 6.18. The predicted molar refractivity (Wildman–Crippen MR) is 40.4 cm³/mol. The molecule has 0 aromatic carbocycles. The number of rotatable bonds is 2. The lowest BCUT2D eigenvalue weighted by Gasteiger charge is -2.05. The molecule has 0 saturated heterocycles. The van der Waals surface area contributed by atoms with Crippen LogP contribution in [0.3, 0.4) is 0 Å². The molecule has 0 aliphatic heterocycles. The van der Waals surface area contributed by atoms with Crippen LogP contribution in [-0.2, 0) is 0 Å². The van der Waals surface area contributed by atoms with Gasteiger partial charge in [0.2, 0.25) is 0 Å². The summed E-state index contributed by atoms with van der Waals surface area (Å²) in [6.45, 7) is 0. The third-order valence-electron chi connectivity index (χ3n) is 2.18. The summed E-state index contributed by atoms with van der Waals surface area (Å²) in [5.74, 6) is 0.293. The minimum absolute atomic E-state index is 0.0377. The van der Waals surface area contributed by atoms with Crippen LogP contribution in [0.15, 0.2) is 12.3 Å². The summed E-state index contributed by atoms with van der Waals surface area (Å²) in [6, 6.07) is 1.51. The van der Waals surface area contributed by atoms with E-state index in [9.17, 15) is 4.39 Å². The van der Waals surface area contributed by atoms with Gasteiger partial charge in [0.15, 0.2) is 5.95 Å². The highest BCUT2D eigenvalue weighted by molar-refractivity contribution is 5.17. The van der Waals surface area contributed by atoms with E-state index in [0.29, 0.717) is 5.92 Å². The van der Waals surface area contributed by atoms with Gasteiger partial charge in [0.05, 0.1) is 0 Å². The van der Waals surface area contributed by atoms with Crippen LogP contribution >= 0.6 is 0 Å². The maximum absolute atomic E-state index is 12.5. The normalized spacial score (nSPS) is 20.2. The van der Waals surface area contributed by atoms with Gasteiger partial charge in [-0.3, -0.25) is 0 Å². The van der Waals surface area contributed by atoms with Crippen LogP contribution in [0.5, 0.6) is 0 Å². The summed E-state index contributed by atoms with van der Waals surface area (Å²) < 4.78 is 12.5. The Labute approximate surface area is 64.6 Å². The molecular weight excluding hydrogens is 143 g/mol. The van der Waals surface area contributed by atoms with Gasteiger partial charge in [0.25, 0.3) is 0 Å². The molecule has 0 amide bonds. The van der Waals surface area contributed by atoms with Crippen molar-refractivity contribution < 1.29 is 4.39 Å². The average Bonchev–Trinajstić information content (AvgIpc) is 2.74. The Morgan fingerprint density at radius 1 is 1.64 bits per heavy atom. The number of hydrogen-bond acceptors (Lipinski definition) is 1. The smallest absolute Gasteiger partial charge is 0.191 e. The topological polar surface area (TPSA) is 41.8 Å². The van der Waals surface area contributed by atoms with Crippen molar-refractivity contribution in [1.29, 1.82) is 0 Å². The summed E-state index contributed by atoms with van der Waals surface area (Å²) >= 11 is 0. The first-order valence-electron chi connectivity index (χ1n) is 3.87. The van der Waals surface area contributed by atoms with Gasteiger partial charge < -0.3 is 10.7 Å². The van der Waals surface area contributed by atoms with E-state index in [-0.39, 0.29) is 12.0 Å². The summed E-state index contributed by atoms with van der Waals surface area (Å²) in [5, 5.41) is 0.